The summed E-state index contributed by atoms with van der Waals surface area (Å²) in [7, 11) is 2.81. The van der Waals surface area contributed by atoms with Crippen molar-refractivity contribution in [2.45, 2.75) is 64.8 Å². The van der Waals surface area contributed by atoms with Crippen LogP contribution < -0.4 is 10.1 Å². The van der Waals surface area contributed by atoms with Crippen molar-refractivity contribution in [2.24, 2.45) is 11.3 Å². The number of hydrogen-bond acceptors (Lipinski definition) is 6. The lowest BCUT2D eigenvalue weighted by molar-refractivity contribution is -0.145. The number of ether oxygens (including phenoxy) is 2. The Balaban J connectivity index is 1.45. The lowest BCUT2D eigenvalue weighted by Gasteiger charge is -2.39. The van der Waals surface area contributed by atoms with Gasteiger partial charge in [0.2, 0.25) is 5.91 Å². The maximum atomic E-state index is 13.9. The molecule has 1 aromatic heterocycles. The first-order valence-electron chi connectivity index (χ1n) is 12.8. The third-order valence-corrected chi connectivity index (χ3v) is 8.00. The molecule has 1 aliphatic carbocycles. The van der Waals surface area contributed by atoms with Gasteiger partial charge in [-0.1, -0.05) is 19.9 Å². The summed E-state index contributed by atoms with van der Waals surface area (Å²) >= 11 is 0. The Morgan fingerprint density at radius 1 is 1.24 bits per heavy atom. The third-order valence-electron chi connectivity index (χ3n) is 8.00. The molecule has 4 rings (SSSR count). The van der Waals surface area contributed by atoms with Gasteiger partial charge in [0.05, 0.1) is 25.2 Å². The molecule has 2 aromatic rings. The summed E-state index contributed by atoms with van der Waals surface area (Å²) in [6.07, 6.45) is -1.03. The summed E-state index contributed by atoms with van der Waals surface area (Å²) in [5.41, 5.74) is 0.940. The van der Waals surface area contributed by atoms with Crippen molar-refractivity contribution in [1.82, 2.24) is 15.2 Å². The van der Waals surface area contributed by atoms with Gasteiger partial charge in [-0.25, -0.2) is 4.79 Å². The van der Waals surface area contributed by atoms with Gasteiger partial charge in [-0.15, -0.1) is 0 Å². The molecule has 2 heterocycles. The van der Waals surface area contributed by atoms with E-state index in [0.717, 1.165) is 24.2 Å². The predicted octanol–water partition coefficient (Wildman–Crippen LogP) is 4.77. The molecule has 0 unspecified atom stereocenters. The smallest absolute Gasteiger partial charge is 0.417 e. The normalized spacial score (nSPS) is 21.4. The number of pyridine rings is 1. The van der Waals surface area contributed by atoms with E-state index in [4.69, 9.17) is 9.47 Å². The number of carbonyl (C=O) groups excluding carboxylic acids is 2. The summed E-state index contributed by atoms with van der Waals surface area (Å²) in [6, 6.07) is 6.55. The van der Waals surface area contributed by atoms with E-state index in [1.807, 2.05) is 19.9 Å². The van der Waals surface area contributed by atoms with Crippen LogP contribution >= 0.6 is 0 Å². The maximum absolute atomic E-state index is 13.9. The minimum Gasteiger partial charge on any atom is -0.496 e. The maximum Gasteiger partial charge on any atom is 0.417 e. The minimum absolute atomic E-state index is 0.00251. The molecule has 38 heavy (non-hydrogen) atoms. The highest BCUT2D eigenvalue weighted by Gasteiger charge is 2.49. The number of hydrogen-bond donors (Lipinski definition) is 1. The number of aromatic nitrogens is 1. The molecule has 2 atom stereocenters. The lowest BCUT2D eigenvalue weighted by Crippen LogP contribution is -2.48. The van der Waals surface area contributed by atoms with E-state index in [9.17, 15) is 22.8 Å². The minimum atomic E-state index is -4.47. The molecular weight excluding hydrogens is 499 g/mol. The highest BCUT2D eigenvalue weighted by atomic mass is 19.4. The number of nitrogens with one attached hydrogen (secondary N) is 1. The van der Waals surface area contributed by atoms with Crippen LogP contribution in [0.3, 0.4) is 0 Å². The second-order valence-electron chi connectivity index (χ2n) is 10.5. The van der Waals surface area contributed by atoms with Gasteiger partial charge in [-0.3, -0.25) is 9.78 Å². The van der Waals surface area contributed by atoms with Crippen LogP contribution in [-0.2, 0) is 35.2 Å². The molecule has 0 saturated heterocycles. The SMILES string of the molecule is COC(=O)c1cc(CN[C@@H]2CC[C@@](C(=O)N3CCc4ncc(C(F)(F)F)cc4C3)(C(C)C)C2)ccc1OC. The average Bonchev–Trinajstić information content (AvgIpc) is 3.35. The second kappa shape index (κ2) is 10.9. The zero-order valence-corrected chi connectivity index (χ0v) is 22.2. The van der Waals surface area contributed by atoms with Crippen molar-refractivity contribution < 1.29 is 32.2 Å². The van der Waals surface area contributed by atoms with Crippen LogP contribution in [-0.4, -0.2) is 48.6 Å². The third kappa shape index (κ3) is 5.50. The second-order valence-corrected chi connectivity index (χ2v) is 10.5. The summed E-state index contributed by atoms with van der Waals surface area (Å²) in [5.74, 6) is 0.0215. The standard InChI is InChI=1S/C28H34F3N3O4/c1-17(2)27(26(36)34-10-8-23-19(16-34)12-20(15-33-23)28(29,30)31)9-7-21(13-27)32-14-18-5-6-24(37-3)22(11-18)25(35)38-4/h5-6,11-12,15,17,21,32H,7-10,13-14,16H2,1-4H3/t21-,27+/m1/s1. The molecule has 206 valence electrons. The van der Waals surface area contributed by atoms with Gasteiger partial charge in [0, 0.05) is 44.0 Å². The number of rotatable bonds is 7. The van der Waals surface area contributed by atoms with Crippen LogP contribution in [0.15, 0.2) is 30.5 Å². The van der Waals surface area contributed by atoms with E-state index in [1.165, 1.54) is 14.2 Å². The zero-order chi connectivity index (χ0) is 27.7. The van der Waals surface area contributed by atoms with Crippen molar-refractivity contribution in [3.8, 4) is 5.75 Å². The molecule has 1 aromatic carbocycles. The van der Waals surface area contributed by atoms with Crippen LogP contribution in [0.2, 0.25) is 0 Å². The monoisotopic (exact) mass is 533 g/mol. The van der Waals surface area contributed by atoms with Crippen molar-refractivity contribution in [3.05, 3.63) is 58.4 Å². The summed E-state index contributed by atoms with van der Waals surface area (Å²) < 4.78 is 49.8. The number of nitrogens with zero attached hydrogens (tertiary/aromatic N) is 2. The molecule has 1 fully saturated rings. The first kappa shape index (κ1) is 27.9. The molecule has 7 nitrogen and oxygen atoms in total. The Labute approximate surface area is 220 Å². The average molecular weight is 534 g/mol. The Morgan fingerprint density at radius 3 is 2.66 bits per heavy atom. The molecule has 2 aliphatic rings. The Hall–Kier alpha value is -3.14. The van der Waals surface area contributed by atoms with Gasteiger partial charge in [0.15, 0.2) is 0 Å². The van der Waals surface area contributed by atoms with E-state index in [2.05, 4.69) is 10.3 Å². The number of amides is 1. The van der Waals surface area contributed by atoms with Gasteiger partial charge in [0.1, 0.15) is 11.3 Å². The van der Waals surface area contributed by atoms with Gasteiger partial charge < -0.3 is 19.7 Å². The van der Waals surface area contributed by atoms with E-state index in [-0.39, 0.29) is 24.4 Å². The Bertz CT molecular complexity index is 1200. The van der Waals surface area contributed by atoms with Crippen LogP contribution in [0.1, 0.15) is 65.9 Å². The van der Waals surface area contributed by atoms with E-state index in [0.29, 0.717) is 54.9 Å². The van der Waals surface area contributed by atoms with Crippen molar-refractivity contribution in [3.63, 3.8) is 0 Å². The number of methoxy groups -OCH3 is 2. The van der Waals surface area contributed by atoms with Crippen LogP contribution in [0.4, 0.5) is 13.2 Å². The lowest BCUT2D eigenvalue weighted by atomic mass is 9.74. The largest absolute Gasteiger partial charge is 0.496 e. The number of halogens is 3. The number of alkyl halides is 3. The molecule has 1 aliphatic heterocycles. The fourth-order valence-electron chi connectivity index (χ4n) is 5.68. The summed E-state index contributed by atoms with van der Waals surface area (Å²) in [4.78, 5) is 31.7. The number of benzene rings is 1. The number of carbonyl (C=O) groups is 2. The fourth-order valence-corrected chi connectivity index (χ4v) is 5.68. The number of esters is 1. The fraction of sp³-hybridized carbons (Fsp3) is 0.536. The van der Waals surface area contributed by atoms with Crippen LogP contribution in [0.5, 0.6) is 5.75 Å². The molecule has 1 amide bonds. The molecule has 0 radical (unpaired) electrons. The van der Waals surface area contributed by atoms with Gasteiger partial charge >= 0.3 is 12.1 Å². The molecular formula is C28H34F3N3O4. The molecule has 1 saturated carbocycles. The van der Waals surface area contributed by atoms with E-state index >= 15 is 0 Å². The molecule has 0 bridgehead atoms. The van der Waals surface area contributed by atoms with E-state index in [1.54, 1.807) is 17.0 Å². The van der Waals surface area contributed by atoms with Crippen molar-refractivity contribution in [2.75, 3.05) is 20.8 Å². The van der Waals surface area contributed by atoms with Gasteiger partial charge in [-0.2, -0.15) is 13.2 Å². The van der Waals surface area contributed by atoms with Crippen LogP contribution in [0, 0.1) is 11.3 Å². The van der Waals surface area contributed by atoms with Gasteiger partial charge in [-0.05, 0) is 54.5 Å². The summed E-state index contributed by atoms with van der Waals surface area (Å²) in [6.45, 7) is 5.16. The number of fused-ring (bicyclic) bond motifs is 1. The van der Waals surface area contributed by atoms with Crippen LogP contribution in [0.25, 0.3) is 0 Å². The van der Waals surface area contributed by atoms with Crippen molar-refractivity contribution in [1.29, 1.82) is 0 Å². The van der Waals surface area contributed by atoms with E-state index < -0.39 is 23.1 Å². The quantitative estimate of drug-likeness (QED) is 0.517. The first-order chi connectivity index (χ1) is 18.0. The highest BCUT2D eigenvalue weighted by Crippen LogP contribution is 2.46. The Kier molecular flexibility index (Phi) is 8.01. The molecule has 10 heteroatoms. The highest BCUT2D eigenvalue weighted by molar-refractivity contribution is 5.92. The van der Waals surface area contributed by atoms with Crippen molar-refractivity contribution >= 4 is 11.9 Å². The molecule has 0 spiro atoms. The first-order valence-corrected chi connectivity index (χ1v) is 12.8. The Morgan fingerprint density at radius 2 is 2.00 bits per heavy atom. The topological polar surface area (TPSA) is 80.8 Å². The summed E-state index contributed by atoms with van der Waals surface area (Å²) in [5, 5.41) is 3.53. The zero-order valence-electron chi connectivity index (χ0n) is 22.2. The molecule has 1 N–H and O–H groups in total. The van der Waals surface area contributed by atoms with Gasteiger partial charge in [0.25, 0.3) is 0 Å². The predicted molar refractivity (Wildman–Crippen MR) is 134 cm³/mol.